The largest absolute Gasteiger partial charge is 0.478 e. The minimum atomic E-state index is -1.05. The van der Waals surface area contributed by atoms with Crippen molar-refractivity contribution in [3.8, 4) is 6.07 Å². The van der Waals surface area contributed by atoms with Gasteiger partial charge in [0.05, 0.1) is 16.9 Å². The monoisotopic (exact) mass is 285 g/mol. The summed E-state index contributed by atoms with van der Waals surface area (Å²) in [6.07, 6.45) is 1.38. The van der Waals surface area contributed by atoms with Crippen molar-refractivity contribution in [1.82, 2.24) is 20.6 Å². The number of carboxylic acids is 1. The Morgan fingerprint density at radius 3 is 2.90 bits per heavy atom. The molecule has 21 heavy (non-hydrogen) atoms. The van der Waals surface area contributed by atoms with Crippen LogP contribution in [0.5, 0.6) is 0 Å². The second-order valence-corrected chi connectivity index (χ2v) is 3.83. The summed E-state index contributed by atoms with van der Waals surface area (Å²) in [6.45, 7) is 0. The van der Waals surface area contributed by atoms with Crippen LogP contribution in [-0.4, -0.2) is 38.7 Å². The highest BCUT2D eigenvalue weighted by Crippen LogP contribution is 2.26. The summed E-state index contributed by atoms with van der Waals surface area (Å²) in [6, 6.07) is 6.68. The van der Waals surface area contributed by atoms with E-state index in [4.69, 9.17) is 10.4 Å². The number of hydrogen-bond donors (Lipinski definition) is 4. The summed E-state index contributed by atoms with van der Waals surface area (Å²) >= 11 is 0. The molecule has 0 aliphatic rings. The molecule has 0 spiro atoms. The maximum Gasteiger partial charge on any atom is 0.337 e. The predicted octanol–water partition coefficient (Wildman–Crippen LogP) is 0.916. The van der Waals surface area contributed by atoms with Crippen molar-refractivity contribution in [3.63, 3.8) is 0 Å². The van der Waals surface area contributed by atoms with E-state index in [-0.39, 0.29) is 17.0 Å². The number of carboxylic acid groups (broad SMARTS) is 1. The highest BCUT2D eigenvalue weighted by molar-refractivity contribution is 5.98. The molecule has 0 fully saturated rings. The van der Waals surface area contributed by atoms with Crippen LogP contribution in [0.15, 0.2) is 24.4 Å². The van der Waals surface area contributed by atoms with Gasteiger partial charge in [0.25, 0.3) is 0 Å². The van der Waals surface area contributed by atoms with E-state index in [9.17, 15) is 4.79 Å². The molecule has 1 aromatic carbocycles. The van der Waals surface area contributed by atoms with Crippen LogP contribution in [0.4, 0.5) is 11.4 Å². The van der Waals surface area contributed by atoms with Gasteiger partial charge in [-0.1, -0.05) is 6.07 Å². The summed E-state index contributed by atoms with van der Waals surface area (Å²) in [7, 11) is 1.61. The number of aromatic carboxylic acids is 1. The third-order valence-electron chi connectivity index (χ3n) is 2.62. The molecule has 9 nitrogen and oxygen atoms in total. The molecule has 4 N–H and O–H groups in total. The SMILES string of the molecule is CNc1c(NC=C(C#N)c2nn[nH]n2)cccc1C(=O)O. The molecule has 0 unspecified atom stereocenters. The number of hydrogen-bond acceptors (Lipinski definition) is 7. The number of allylic oxidation sites excluding steroid dienone is 1. The lowest BCUT2D eigenvalue weighted by molar-refractivity contribution is 0.0698. The van der Waals surface area contributed by atoms with Crippen molar-refractivity contribution in [2.24, 2.45) is 0 Å². The number of carbonyl (C=O) groups is 1. The summed E-state index contributed by atoms with van der Waals surface area (Å²) in [4.78, 5) is 11.1. The summed E-state index contributed by atoms with van der Waals surface area (Å²) in [5.41, 5.74) is 1.20. The highest BCUT2D eigenvalue weighted by Gasteiger charge is 2.12. The molecule has 0 bridgehead atoms. The van der Waals surface area contributed by atoms with Crippen LogP contribution in [0.3, 0.4) is 0 Å². The lowest BCUT2D eigenvalue weighted by Gasteiger charge is -2.11. The van der Waals surface area contributed by atoms with E-state index in [1.165, 1.54) is 12.3 Å². The zero-order valence-electron chi connectivity index (χ0n) is 11.0. The van der Waals surface area contributed by atoms with Crippen molar-refractivity contribution in [3.05, 3.63) is 35.8 Å². The maximum absolute atomic E-state index is 11.1. The third-order valence-corrected chi connectivity index (χ3v) is 2.62. The summed E-state index contributed by atoms with van der Waals surface area (Å²) < 4.78 is 0. The molecule has 2 rings (SSSR count). The van der Waals surface area contributed by atoms with E-state index < -0.39 is 5.97 Å². The van der Waals surface area contributed by atoms with Gasteiger partial charge >= 0.3 is 5.97 Å². The first-order chi connectivity index (χ1) is 10.2. The molecule has 1 aromatic heterocycles. The molecule has 9 heteroatoms. The van der Waals surface area contributed by atoms with E-state index in [0.29, 0.717) is 11.4 Å². The molecule has 0 amide bonds. The van der Waals surface area contributed by atoms with Gasteiger partial charge in [-0.3, -0.25) is 0 Å². The Kier molecular flexibility index (Phi) is 4.11. The second kappa shape index (κ2) is 6.16. The zero-order chi connectivity index (χ0) is 15.2. The van der Waals surface area contributed by atoms with E-state index in [1.807, 2.05) is 6.07 Å². The zero-order valence-corrected chi connectivity index (χ0v) is 11.0. The molecule has 0 atom stereocenters. The fraction of sp³-hybridized carbons (Fsp3) is 0.0833. The first-order valence-corrected chi connectivity index (χ1v) is 5.82. The fourth-order valence-corrected chi connectivity index (χ4v) is 1.69. The van der Waals surface area contributed by atoms with E-state index in [0.717, 1.165) is 0 Å². The van der Waals surface area contributed by atoms with Crippen molar-refractivity contribution in [1.29, 1.82) is 5.26 Å². The predicted molar refractivity (Wildman–Crippen MR) is 74.3 cm³/mol. The number of H-pyrrole nitrogens is 1. The van der Waals surface area contributed by atoms with Gasteiger partial charge in [0, 0.05) is 13.2 Å². The lowest BCUT2D eigenvalue weighted by atomic mass is 10.1. The number of rotatable bonds is 5. The lowest BCUT2D eigenvalue weighted by Crippen LogP contribution is -2.05. The molecule has 0 aliphatic carbocycles. The highest BCUT2D eigenvalue weighted by atomic mass is 16.4. The van der Waals surface area contributed by atoms with Crippen LogP contribution in [0.25, 0.3) is 5.57 Å². The molecular formula is C12H11N7O2. The van der Waals surface area contributed by atoms with Gasteiger partial charge in [0.15, 0.2) is 0 Å². The summed E-state index contributed by atoms with van der Waals surface area (Å²) in [5.74, 6) is -0.906. The van der Waals surface area contributed by atoms with Gasteiger partial charge < -0.3 is 15.7 Å². The van der Waals surface area contributed by atoms with Crippen LogP contribution < -0.4 is 10.6 Å². The minimum Gasteiger partial charge on any atom is -0.478 e. The van der Waals surface area contributed by atoms with Crippen molar-refractivity contribution in [2.75, 3.05) is 17.7 Å². The summed E-state index contributed by atoms with van der Waals surface area (Å²) in [5, 5.41) is 36.9. The number of tetrazole rings is 1. The second-order valence-electron chi connectivity index (χ2n) is 3.83. The van der Waals surface area contributed by atoms with E-state index in [1.54, 1.807) is 19.2 Å². The number of para-hydroxylation sites is 1. The Labute approximate surface area is 119 Å². The maximum atomic E-state index is 11.1. The van der Waals surface area contributed by atoms with Crippen molar-refractivity contribution >= 4 is 22.9 Å². The van der Waals surface area contributed by atoms with E-state index >= 15 is 0 Å². The Bertz CT molecular complexity index is 716. The van der Waals surface area contributed by atoms with Crippen molar-refractivity contribution < 1.29 is 9.90 Å². The van der Waals surface area contributed by atoms with Crippen LogP contribution in [-0.2, 0) is 0 Å². The Morgan fingerprint density at radius 1 is 1.52 bits per heavy atom. The van der Waals surface area contributed by atoms with Crippen molar-refractivity contribution in [2.45, 2.75) is 0 Å². The number of benzene rings is 1. The number of nitrogens with one attached hydrogen (secondary N) is 3. The van der Waals surface area contributed by atoms with Gasteiger partial charge in [-0.25, -0.2) is 4.79 Å². The van der Waals surface area contributed by atoms with Gasteiger partial charge in [0.1, 0.15) is 11.6 Å². The van der Waals surface area contributed by atoms with Gasteiger partial charge in [-0.2, -0.15) is 10.5 Å². The Hall–Kier alpha value is -3.41. The average Bonchev–Trinajstić information content (AvgIpc) is 3.01. The van der Waals surface area contributed by atoms with Crippen LogP contribution in [0, 0.1) is 11.3 Å². The average molecular weight is 285 g/mol. The molecule has 0 saturated heterocycles. The molecule has 0 radical (unpaired) electrons. The third kappa shape index (κ3) is 2.95. The van der Waals surface area contributed by atoms with Gasteiger partial charge in [-0.15, -0.1) is 10.2 Å². The number of aromatic amines is 1. The van der Waals surface area contributed by atoms with Crippen LogP contribution in [0.1, 0.15) is 16.2 Å². The number of anilines is 2. The fourth-order valence-electron chi connectivity index (χ4n) is 1.69. The standard InChI is InChI=1S/C12H11N7O2/c1-14-10-8(12(20)21)3-2-4-9(10)15-6-7(5-13)11-16-18-19-17-11/h2-4,6,14-15H,1H3,(H,20,21)(H,16,17,18,19). The first kappa shape index (κ1) is 14.0. The van der Waals surface area contributed by atoms with Gasteiger partial charge in [0.2, 0.25) is 5.82 Å². The quantitative estimate of drug-likeness (QED) is 0.594. The van der Waals surface area contributed by atoms with Crippen LogP contribution >= 0.6 is 0 Å². The Balaban J connectivity index is 2.34. The van der Waals surface area contributed by atoms with E-state index in [2.05, 4.69) is 31.3 Å². The number of nitriles is 1. The smallest absolute Gasteiger partial charge is 0.337 e. The van der Waals surface area contributed by atoms with Crippen LogP contribution in [0.2, 0.25) is 0 Å². The molecular weight excluding hydrogens is 274 g/mol. The molecule has 2 aromatic rings. The normalized spacial score (nSPS) is 10.8. The molecule has 1 heterocycles. The first-order valence-electron chi connectivity index (χ1n) is 5.82. The Morgan fingerprint density at radius 2 is 2.33 bits per heavy atom. The van der Waals surface area contributed by atoms with Gasteiger partial charge in [-0.05, 0) is 17.3 Å². The topological polar surface area (TPSA) is 140 Å². The number of nitrogens with zero attached hydrogens (tertiary/aromatic N) is 4. The molecule has 106 valence electrons. The minimum absolute atomic E-state index is 0.119. The molecule has 0 aliphatic heterocycles. The molecule has 0 saturated carbocycles. The number of aromatic nitrogens is 4.